The van der Waals surface area contributed by atoms with Crippen LogP contribution in [0, 0.1) is 5.92 Å². The first-order valence-electron chi connectivity index (χ1n) is 10.1. The maximum Gasteiger partial charge on any atom is 0.167 e. The van der Waals surface area contributed by atoms with E-state index in [9.17, 15) is 10.2 Å². The fourth-order valence-electron chi connectivity index (χ4n) is 3.83. The van der Waals surface area contributed by atoms with E-state index in [1.807, 2.05) is 6.92 Å². The molecule has 0 aliphatic carbocycles. The molecule has 1 saturated heterocycles. The summed E-state index contributed by atoms with van der Waals surface area (Å²) in [6.07, 6.45) is 9.20. The molecule has 150 valence electrons. The van der Waals surface area contributed by atoms with Crippen molar-refractivity contribution in [2.75, 3.05) is 14.2 Å². The maximum absolute atomic E-state index is 10.5. The zero-order chi connectivity index (χ0) is 18.7. The average Bonchev–Trinajstić information content (AvgIpc) is 2.58. The molecule has 0 spiro atoms. The number of hydrogen-bond acceptors (Lipinski definition) is 5. The first-order valence-corrected chi connectivity index (χ1v) is 10.1. The normalized spacial score (nSPS) is 28.6. The molecule has 0 aromatic rings. The van der Waals surface area contributed by atoms with Crippen LogP contribution in [-0.2, 0) is 14.2 Å². The minimum Gasteiger partial charge on any atom is -0.393 e. The van der Waals surface area contributed by atoms with Gasteiger partial charge in [-0.05, 0) is 44.9 Å². The van der Waals surface area contributed by atoms with E-state index in [-0.39, 0.29) is 12.0 Å². The van der Waals surface area contributed by atoms with Crippen LogP contribution in [0.1, 0.15) is 84.5 Å². The van der Waals surface area contributed by atoms with Crippen LogP contribution in [0.2, 0.25) is 0 Å². The molecule has 2 N–H and O–H groups in total. The molecule has 1 aliphatic rings. The molecule has 0 amide bonds. The van der Waals surface area contributed by atoms with Crippen LogP contribution >= 0.6 is 0 Å². The highest BCUT2D eigenvalue weighted by molar-refractivity contribution is 4.79. The van der Waals surface area contributed by atoms with E-state index in [1.54, 1.807) is 14.2 Å². The van der Waals surface area contributed by atoms with Crippen molar-refractivity contribution in [1.82, 2.24) is 0 Å². The summed E-state index contributed by atoms with van der Waals surface area (Å²) in [6, 6.07) is 0. The van der Waals surface area contributed by atoms with Gasteiger partial charge in [0, 0.05) is 27.1 Å². The van der Waals surface area contributed by atoms with E-state index in [0.717, 1.165) is 32.1 Å². The van der Waals surface area contributed by atoms with E-state index in [4.69, 9.17) is 14.2 Å². The van der Waals surface area contributed by atoms with Crippen molar-refractivity contribution in [2.45, 2.75) is 109 Å². The topological polar surface area (TPSA) is 68.2 Å². The highest BCUT2D eigenvalue weighted by atomic mass is 16.7. The summed E-state index contributed by atoms with van der Waals surface area (Å²) in [7, 11) is 3.42. The van der Waals surface area contributed by atoms with Gasteiger partial charge in [-0.15, -0.1) is 0 Å². The summed E-state index contributed by atoms with van der Waals surface area (Å²) < 4.78 is 16.9. The number of ether oxygens (including phenoxy) is 3. The molecule has 5 heteroatoms. The quantitative estimate of drug-likeness (QED) is 0.430. The molecule has 1 rings (SSSR count). The minimum atomic E-state index is -0.724. The molecule has 1 heterocycles. The number of aliphatic hydroxyl groups excluding tert-OH is 2. The number of rotatable bonds is 11. The molecular weight excluding hydrogens is 320 g/mol. The van der Waals surface area contributed by atoms with Gasteiger partial charge < -0.3 is 24.4 Å². The second-order valence-electron chi connectivity index (χ2n) is 7.56. The molecule has 1 unspecified atom stereocenters. The standard InChI is InChI=1S/C20H40O5/c1-5-6-7-8-9-13-20(23-3,24-4)14-12-17-10-11-19(22)25-16(2)15-18(17)21/h16-19,21-22H,5-15H2,1-4H3/t16-,17+,18-,19?/m1/s1. The van der Waals surface area contributed by atoms with Crippen molar-refractivity contribution >= 4 is 0 Å². The van der Waals surface area contributed by atoms with E-state index in [0.29, 0.717) is 12.8 Å². The van der Waals surface area contributed by atoms with E-state index in [1.165, 1.54) is 25.7 Å². The van der Waals surface area contributed by atoms with Gasteiger partial charge in [-0.2, -0.15) is 0 Å². The van der Waals surface area contributed by atoms with Gasteiger partial charge in [-0.3, -0.25) is 0 Å². The van der Waals surface area contributed by atoms with E-state index >= 15 is 0 Å². The van der Waals surface area contributed by atoms with Gasteiger partial charge in [0.15, 0.2) is 12.1 Å². The molecule has 4 atom stereocenters. The molecule has 5 nitrogen and oxygen atoms in total. The summed E-state index contributed by atoms with van der Waals surface area (Å²) in [5.41, 5.74) is 0. The van der Waals surface area contributed by atoms with Gasteiger partial charge >= 0.3 is 0 Å². The molecule has 0 radical (unpaired) electrons. The molecule has 1 fully saturated rings. The largest absolute Gasteiger partial charge is 0.393 e. The molecule has 25 heavy (non-hydrogen) atoms. The zero-order valence-corrected chi connectivity index (χ0v) is 16.7. The second kappa shape index (κ2) is 12.2. The Morgan fingerprint density at radius 1 is 1.00 bits per heavy atom. The first kappa shape index (κ1) is 22.8. The lowest BCUT2D eigenvalue weighted by atomic mass is 9.85. The third-order valence-electron chi connectivity index (χ3n) is 5.59. The smallest absolute Gasteiger partial charge is 0.167 e. The van der Waals surface area contributed by atoms with Gasteiger partial charge in [-0.25, -0.2) is 0 Å². The van der Waals surface area contributed by atoms with Crippen LogP contribution in [0.5, 0.6) is 0 Å². The third kappa shape index (κ3) is 8.35. The lowest BCUT2D eigenvalue weighted by Crippen LogP contribution is -2.37. The SMILES string of the molecule is CCCCCCCC(CC[C@@H]1CCC(O)O[C@H](C)C[C@H]1O)(OC)OC. The molecule has 1 aliphatic heterocycles. The lowest BCUT2D eigenvalue weighted by Gasteiger charge is -2.35. The van der Waals surface area contributed by atoms with Crippen molar-refractivity contribution in [1.29, 1.82) is 0 Å². The van der Waals surface area contributed by atoms with Gasteiger partial charge in [0.2, 0.25) is 0 Å². The van der Waals surface area contributed by atoms with Crippen molar-refractivity contribution in [3.63, 3.8) is 0 Å². The number of unbranched alkanes of at least 4 members (excludes halogenated alkanes) is 4. The van der Waals surface area contributed by atoms with Gasteiger partial charge in [-0.1, -0.05) is 32.6 Å². The van der Waals surface area contributed by atoms with Gasteiger partial charge in [0.05, 0.1) is 12.2 Å². The summed E-state index contributed by atoms with van der Waals surface area (Å²) >= 11 is 0. The Kier molecular flexibility index (Phi) is 11.2. The number of aliphatic hydroxyl groups is 2. The van der Waals surface area contributed by atoms with Crippen molar-refractivity contribution < 1.29 is 24.4 Å². The molecule has 0 aromatic carbocycles. The Balaban J connectivity index is 2.52. The van der Waals surface area contributed by atoms with Gasteiger partial charge in [0.25, 0.3) is 0 Å². The summed E-state index contributed by atoms with van der Waals surface area (Å²) in [5, 5.41) is 20.3. The Labute approximate surface area is 154 Å². The molecule has 0 saturated carbocycles. The molecule has 0 aromatic heterocycles. The average molecular weight is 361 g/mol. The predicted molar refractivity (Wildman–Crippen MR) is 99.3 cm³/mol. The third-order valence-corrected chi connectivity index (χ3v) is 5.59. The van der Waals surface area contributed by atoms with Crippen molar-refractivity contribution in [3.8, 4) is 0 Å². The molecule has 0 bridgehead atoms. The Bertz CT molecular complexity index is 332. The highest BCUT2D eigenvalue weighted by Gasteiger charge is 2.33. The first-order chi connectivity index (χ1) is 12.0. The van der Waals surface area contributed by atoms with E-state index in [2.05, 4.69) is 6.92 Å². The monoisotopic (exact) mass is 360 g/mol. The summed E-state index contributed by atoms with van der Waals surface area (Å²) in [6.45, 7) is 4.12. The Morgan fingerprint density at radius 3 is 2.32 bits per heavy atom. The summed E-state index contributed by atoms with van der Waals surface area (Å²) in [5.74, 6) is -0.416. The highest BCUT2D eigenvalue weighted by Crippen LogP contribution is 2.32. The number of methoxy groups -OCH3 is 2. The minimum absolute atomic E-state index is 0.124. The zero-order valence-electron chi connectivity index (χ0n) is 16.7. The maximum atomic E-state index is 10.5. The van der Waals surface area contributed by atoms with Crippen LogP contribution in [0.3, 0.4) is 0 Å². The van der Waals surface area contributed by atoms with Crippen LogP contribution in [0.15, 0.2) is 0 Å². The Morgan fingerprint density at radius 2 is 1.68 bits per heavy atom. The van der Waals surface area contributed by atoms with Crippen LogP contribution in [0.25, 0.3) is 0 Å². The van der Waals surface area contributed by atoms with E-state index < -0.39 is 18.2 Å². The molecular formula is C20H40O5. The van der Waals surface area contributed by atoms with Crippen LogP contribution in [0.4, 0.5) is 0 Å². The van der Waals surface area contributed by atoms with Crippen molar-refractivity contribution in [2.24, 2.45) is 5.92 Å². The fraction of sp³-hybridized carbons (Fsp3) is 1.00. The predicted octanol–water partition coefficient (Wildman–Crippen LogP) is 4.00. The van der Waals surface area contributed by atoms with Gasteiger partial charge in [0.1, 0.15) is 0 Å². The number of hydrogen-bond donors (Lipinski definition) is 2. The summed E-state index contributed by atoms with van der Waals surface area (Å²) in [4.78, 5) is 0. The van der Waals surface area contributed by atoms with Crippen LogP contribution in [-0.4, -0.2) is 48.7 Å². The fourth-order valence-corrected chi connectivity index (χ4v) is 3.83. The van der Waals surface area contributed by atoms with Crippen LogP contribution < -0.4 is 0 Å². The Hall–Kier alpha value is -0.200. The van der Waals surface area contributed by atoms with Crippen molar-refractivity contribution in [3.05, 3.63) is 0 Å². The second-order valence-corrected chi connectivity index (χ2v) is 7.56. The lowest BCUT2D eigenvalue weighted by molar-refractivity contribution is -0.219.